The maximum absolute atomic E-state index is 11.7. The largest absolute Gasteiger partial charge is 0.466 e. The van der Waals surface area contributed by atoms with Gasteiger partial charge in [-0.1, -0.05) is 0 Å². The Morgan fingerprint density at radius 2 is 2.12 bits per heavy atom. The number of hydrogen-bond donors (Lipinski definition) is 2. The summed E-state index contributed by atoms with van der Waals surface area (Å²) in [6, 6.07) is 0. The summed E-state index contributed by atoms with van der Waals surface area (Å²) in [5.41, 5.74) is 0.843. The first kappa shape index (κ1) is 13.1. The van der Waals surface area contributed by atoms with Crippen molar-refractivity contribution < 1.29 is 18.7 Å². The van der Waals surface area contributed by atoms with Crippen LogP contribution in [0.3, 0.4) is 0 Å². The molecule has 1 amide bonds. The zero-order valence-corrected chi connectivity index (χ0v) is 10.1. The highest BCUT2D eigenvalue weighted by molar-refractivity contribution is 6.00. The number of nitrogens with one attached hydrogen (secondary N) is 2. The quantitative estimate of drug-likeness (QED) is 0.744. The lowest BCUT2D eigenvalue weighted by Gasteiger charge is -2.04. The van der Waals surface area contributed by atoms with Gasteiger partial charge in [0.1, 0.15) is 5.56 Å². The molecule has 94 valence electrons. The van der Waals surface area contributed by atoms with E-state index in [-0.39, 0.29) is 18.3 Å². The van der Waals surface area contributed by atoms with Gasteiger partial charge in [0, 0.05) is 19.7 Å². The monoisotopic (exact) mass is 240 g/mol. The number of carbonyl (C=O) groups is 2. The number of ether oxygens (including phenoxy) is 1. The van der Waals surface area contributed by atoms with Crippen molar-refractivity contribution in [2.24, 2.45) is 0 Å². The summed E-state index contributed by atoms with van der Waals surface area (Å²) in [6.07, 6.45) is 1.40. The van der Waals surface area contributed by atoms with E-state index in [0.717, 1.165) is 0 Å². The highest BCUT2D eigenvalue weighted by Crippen LogP contribution is 2.22. The van der Waals surface area contributed by atoms with Crippen LogP contribution >= 0.6 is 0 Å². The molecule has 17 heavy (non-hydrogen) atoms. The van der Waals surface area contributed by atoms with Crippen LogP contribution in [0.5, 0.6) is 0 Å². The predicted octanol–water partition coefficient (Wildman–Crippen LogP) is 0.786. The Bertz CT molecular complexity index is 412. The molecule has 0 unspecified atom stereocenters. The molecule has 1 aromatic rings. The summed E-state index contributed by atoms with van der Waals surface area (Å²) in [6.45, 7) is 2.04. The van der Waals surface area contributed by atoms with Gasteiger partial charge < -0.3 is 19.8 Å². The molecule has 6 heteroatoms. The second kappa shape index (κ2) is 5.93. The molecule has 0 aromatic carbocycles. The Hall–Kier alpha value is -1.98. The number of rotatable bonds is 5. The van der Waals surface area contributed by atoms with Crippen molar-refractivity contribution >= 4 is 17.8 Å². The fraction of sp³-hybridized carbons (Fsp3) is 0.455. The fourth-order valence-electron chi connectivity index (χ4n) is 1.45. The summed E-state index contributed by atoms with van der Waals surface area (Å²) in [5, 5.41) is 5.25. The van der Waals surface area contributed by atoms with E-state index in [2.05, 4.69) is 10.6 Å². The second-order valence-corrected chi connectivity index (χ2v) is 3.28. The van der Waals surface area contributed by atoms with Crippen LogP contribution in [-0.4, -0.2) is 32.6 Å². The van der Waals surface area contributed by atoms with Gasteiger partial charge in [0.05, 0.1) is 19.3 Å². The number of amides is 1. The molecule has 1 heterocycles. The van der Waals surface area contributed by atoms with Gasteiger partial charge in [0.25, 0.3) is 5.91 Å². The van der Waals surface area contributed by atoms with Crippen molar-refractivity contribution in [3.63, 3.8) is 0 Å². The van der Waals surface area contributed by atoms with Crippen molar-refractivity contribution in [3.8, 4) is 0 Å². The lowest BCUT2D eigenvalue weighted by molar-refractivity contribution is -0.142. The maximum Gasteiger partial charge on any atom is 0.310 e. The van der Waals surface area contributed by atoms with E-state index in [1.807, 2.05) is 0 Å². The molecule has 6 nitrogen and oxygen atoms in total. The topological polar surface area (TPSA) is 80.6 Å². The van der Waals surface area contributed by atoms with Crippen molar-refractivity contribution in [2.75, 3.05) is 26.0 Å². The summed E-state index contributed by atoms with van der Waals surface area (Å²) < 4.78 is 9.99. The predicted molar refractivity (Wildman–Crippen MR) is 62.0 cm³/mol. The normalized spacial score (nSPS) is 9.82. The Morgan fingerprint density at radius 3 is 2.65 bits per heavy atom. The number of anilines is 1. The fourth-order valence-corrected chi connectivity index (χ4v) is 1.45. The highest BCUT2D eigenvalue weighted by atomic mass is 16.5. The summed E-state index contributed by atoms with van der Waals surface area (Å²) in [5.74, 6) is -0.354. The molecular weight excluding hydrogens is 224 g/mol. The minimum atomic E-state index is -0.388. The second-order valence-electron chi connectivity index (χ2n) is 3.28. The summed E-state index contributed by atoms with van der Waals surface area (Å²) in [7, 11) is 3.16. The molecular formula is C11H16N2O4. The molecule has 0 radical (unpaired) electrons. The third-order valence-corrected chi connectivity index (χ3v) is 2.19. The molecule has 0 spiro atoms. The van der Waals surface area contributed by atoms with Crippen molar-refractivity contribution in [1.82, 2.24) is 5.32 Å². The minimum absolute atomic E-state index is 0.0156. The van der Waals surface area contributed by atoms with E-state index >= 15 is 0 Å². The Morgan fingerprint density at radius 1 is 1.41 bits per heavy atom. The van der Waals surface area contributed by atoms with Crippen LogP contribution in [0.15, 0.2) is 10.7 Å². The van der Waals surface area contributed by atoms with E-state index in [9.17, 15) is 9.59 Å². The average Bonchev–Trinajstić information content (AvgIpc) is 2.71. The van der Waals surface area contributed by atoms with Gasteiger partial charge in [-0.05, 0) is 6.92 Å². The molecule has 1 rings (SSSR count). The van der Waals surface area contributed by atoms with Gasteiger partial charge in [-0.25, -0.2) is 0 Å². The Balaban J connectivity index is 2.95. The van der Waals surface area contributed by atoms with Crippen LogP contribution in [0.4, 0.5) is 5.88 Å². The first-order valence-corrected chi connectivity index (χ1v) is 5.29. The molecule has 2 N–H and O–H groups in total. The van der Waals surface area contributed by atoms with Gasteiger partial charge in [0.2, 0.25) is 5.88 Å². The smallest absolute Gasteiger partial charge is 0.310 e. The van der Waals surface area contributed by atoms with E-state index in [1.165, 1.54) is 13.3 Å². The molecule has 0 saturated carbocycles. The maximum atomic E-state index is 11.7. The molecule has 0 aliphatic carbocycles. The van der Waals surface area contributed by atoms with E-state index in [4.69, 9.17) is 9.15 Å². The minimum Gasteiger partial charge on any atom is -0.466 e. The number of esters is 1. The van der Waals surface area contributed by atoms with Crippen molar-refractivity contribution in [1.29, 1.82) is 0 Å². The molecule has 1 aromatic heterocycles. The van der Waals surface area contributed by atoms with E-state index < -0.39 is 0 Å². The van der Waals surface area contributed by atoms with Crippen LogP contribution in [0.1, 0.15) is 22.8 Å². The van der Waals surface area contributed by atoms with Gasteiger partial charge in [-0.15, -0.1) is 0 Å². The van der Waals surface area contributed by atoms with Gasteiger partial charge >= 0.3 is 5.97 Å². The number of carbonyl (C=O) groups excluding carboxylic acids is 2. The van der Waals surface area contributed by atoms with Gasteiger partial charge in [0.15, 0.2) is 0 Å². The SMILES string of the molecule is CCOC(=O)Cc1coc(NC)c1C(=O)NC. The Kier molecular flexibility index (Phi) is 4.56. The molecule has 0 bridgehead atoms. The third kappa shape index (κ3) is 2.99. The standard InChI is InChI=1S/C11H16N2O4/c1-4-16-8(14)5-7-6-17-11(13-3)9(7)10(15)12-2/h6,13H,4-5H2,1-3H3,(H,12,15). The van der Waals surface area contributed by atoms with Crippen LogP contribution in [0.25, 0.3) is 0 Å². The number of hydrogen-bond acceptors (Lipinski definition) is 5. The van der Waals surface area contributed by atoms with Gasteiger partial charge in [-0.3, -0.25) is 9.59 Å². The molecule has 0 aliphatic heterocycles. The zero-order chi connectivity index (χ0) is 12.8. The van der Waals surface area contributed by atoms with E-state index in [0.29, 0.717) is 23.6 Å². The molecule has 0 fully saturated rings. The average molecular weight is 240 g/mol. The highest BCUT2D eigenvalue weighted by Gasteiger charge is 2.21. The molecule has 0 aliphatic rings. The number of furan rings is 1. The van der Waals surface area contributed by atoms with Crippen LogP contribution < -0.4 is 10.6 Å². The first-order valence-electron chi connectivity index (χ1n) is 5.29. The molecule has 0 saturated heterocycles. The van der Waals surface area contributed by atoms with E-state index in [1.54, 1.807) is 14.0 Å². The lowest BCUT2D eigenvalue weighted by Crippen LogP contribution is -2.21. The van der Waals surface area contributed by atoms with Crippen LogP contribution in [-0.2, 0) is 16.0 Å². The summed E-state index contributed by atoms with van der Waals surface area (Å²) >= 11 is 0. The molecule has 0 atom stereocenters. The van der Waals surface area contributed by atoms with Crippen molar-refractivity contribution in [2.45, 2.75) is 13.3 Å². The Labute approximate surface area is 99.3 Å². The van der Waals surface area contributed by atoms with Crippen LogP contribution in [0, 0.1) is 0 Å². The van der Waals surface area contributed by atoms with Crippen LogP contribution in [0.2, 0.25) is 0 Å². The lowest BCUT2D eigenvalue weighted by atomic mass is 10.1. The zero-order valence-electron chi connectivity index (χ0n) is 10.1. The summed E-state index contributed by atoms with van der Waals surface area (Å²) in [4.78, 5) is 23.0. The third-order valence-electron chi connectivity index (χ3n) is 2.19. The van der Waals surface area contributed by atoms with Gasteiger partial charge in [-0.2, -0.15) is 0 Å². The first-order chi connectivity index (χ1) is 8.13. The van der Waals surface area contributed by atoms with Crippen molar-refractivity contribution in [3.05, 3.63) is 17.4 Å².